The number of rotatable bonds is 5. The van der Waals surface area contributed by atoms with Crippen molar-refractivity contribution in [2.75, 3.05) is 18.8 Å². The van der Waals surface area contributed by atoms with Crippen molar-refractivity contribution in [1.82, 2.24) is 5.32 Å². The van der Waals surface area contributed by atoms with Gasteiger partial charge in [0, 0.05) is 10.9 Å². The topological polar surface area (TPSA) is 38.0 Å². The number of benzene rings is 1. The molecular weight excluding hydrogens is 240 g/mol. The second-order valence-electron chi connectivity index (χ2n) is 5.04. The van der Waals surface area contributed by atoms with Crippen molar-refractivity contribution in [2.24, 2.45) is 11.7 Å². The summed E-state index contributed by atoms with van der Waals surface area (Å²) in [5.41, 5.74) is 7.61. The van der Waals surface area contributed by atoms with Crippen LogP contribution in [0.1, 0.15) is 37.8 Å². The quantitative estimate of drug-likeness (QED) is 0.802. The molecular formula is C15H24N2S. The first-order chi connectivity index (χ1) is 8.79. The van der Waals surface area contributed by atoms with E-state index < -0.39 is 0 Å². The average Bonchev–Trinajstić information content (AvgIpc) is 2.41. The molecule has 1 aliphatic rings. The summed E-state index contributed by atoms with van der Waals surface area (Å²) in [5, 5.41) is 3.41. The standard InChI is InChI=1S/C15H24N2S/c1-2-18-14-5-3-13(4-6-14)15(16)11-12-7-9-17-10-8-12/h3-6,12,15,17H,2,7-11,16H2,1H3. The smallest absolute Gasteiger partial charge is 0.0297 e. The lowest BCUT2D eigenvalue weighted by Gasteiger charge is -2.25. The Bertz CT molecular complexity index is 344. The van der Waals surface area contributed by atoms with Crippen LogP contribution in [-0.2, 0) is 0 Å². The molecule has 100 valence electrons. The van der Waals surface area contributed by atoms with Gasteiger partial charge in [0.25, 0.3) is 0 Å². The van der Waals surface area contributed by atoms with Crippen LogP contribution in [0.25, 0.3) is 0 Å². The number of nitrogens with two attached hydrogens (primary N) is 1. The highest BCUT2D eigenvalue weighted by Gasteiger charge is 2.17. The molecule has 0 radical (unpaired) electrons. The third-order valence-corrected chi connectivity index (χ3v) is 4.56. The van der Waals surface area contributed by atoms with E-state index in [0.717, 1.165) is 31.2 Å². The van der Waals surface area contributed by atoms with E-state index in [9.17, 15) is 0 Å². The van der Waals surface area contributed by atoms with E-state index in [1.165, 1.54) is 23.3 Å². The Balaban J connectivity index is 1.89. The van der Waals surface area contributed by atoms with Gasteiger partial charge in [0.05, 0.1) is 0 Å². The van der Waals surface area contributed by atoms with E-state index in [4.69, 9.17) is 5.73 Å². The van der Waals surface area contributed by atoms with Crippen LogP contribution in [0.2, 0.25) is 0 Å². The van der Waals surface area contributed by atoms with Crippen LogP contribution in [0.5, 0.6) is 0 Å². The molecule has 1 aliphatic heterocycles. The first kappa shape index (κ1) is 13.9. The normalized spacial score (nSPS) is 18.8. The molecule has 1 unspecified atom stereocenters. The minimum atomic E-state index is 0.203. The highest BCUT2D eigenvalue weighted by molar-refractivity contribution is 7.99. The van der Waals surface area contributed by atoms with Gasteiger partial charge in [-0.15, -0.1) is 11.8 Å². The van der Waals surface area contributed by atoms with Gasteiger partial charge < -0.3 is 11.1 Å². The molecule has 1 heterocycles. The molecule has 2 nitrogen and oxygen atoms in total. The van der Waals surface area contributed by atoms with E-state index in [0.29, 0.717) is 0 Å². The zero-order valence-electron chi connectivity index (χ0n) is 11.2. The fourth-order valence-electron chi connectivity index (χ4n) is 2.59. The summed E-state index contributed by atoms with van der Waals surface area (Å²) >= 11 is 1.88. The summed E-state index contributed by atoms with van der Waals surface area (Å²) in [6.07, 6.45) is 3.68. The first-order valence-corrected chi connectivity index (χ1v) is 7.97. The maximum atomic E-state index is 6.32. The SMILES string of the molecule is CCSc1ccc(C(N)CC2CCNCC2)cc1. The molecule has 0 spiro atoms. The molecule has 0 bridgehead atoms. The van der Waals surface area contributed by atoms with Gasteiger partial charge in [0.15, 0.2) is 0 Å². The number of hydrogen-bond acceptors (Lipinski definition) is 3. The van der Waals surface area contributed by atoms with Crippen molar-refractivity contribution >= 4 is 11.8 Å². The fourth-order valence-corrected chi connectivity index (χ4v) is 3.25. The Labute approximate surface area is 115 Å². The van der Waals surface area contributed by atoms with Crippen molar-refractivity contribution in [3.8, 4) is 0 Å². The predicted molar refractivity (Wildman–Crippen MR) is 80.0 cm³/mol. The Kier molecular flexibility index (Phi) is 5.54. The van der Waals surface area contributed by atoms with Gasteiger partial charge in [-0.2, -0.15) is 0 Å². The minimum absolute atomic E-state index is 0.203. The van der Waals surface area contributed by atoms with Gasteiger partial charge in [0.2, 0.25) is 0 Å². The van der Waals surface area contributed by atoms with Crippen LogP contribution in [0, 0.1) is 5.92 Å². The summed E-state index contributed by atoms with van der Waals surface area (Å²) < 4.78 is 0. The summed E-state index contributed by atoms with van der Waals surface area (Å²) in [5.74, 6) is 1.92. The Hall–Kier alpha value is -0.510. The van der Waals surface area contributed by atoms with Crippen LogP contribution in [0.15, 0.2) is 29.2 Å². The number of hydrogen-bond donors (Lipinski definition) is 2. The maximum Gasteiger partial charge on any atom is 0.0297 e. The minimum Gasteiger partial charge on any atom is -0.324 e. The van der Waals surface area contributed by atoms with Gasteiger partial charge in [-0.1, -0.05) is 19.1 Å². The summed E-state index contributed by atoms with van der Waals surface area (Å²) in [6, 6.07) is 9.00. The maximum absolute atomic E-state index is 6.32. The molecule has 1 aromatic carbocycles. The molecule has 0 aromatic heterocycles. The van der Waals surface area contributed by atoms with Gasteiger partial charge in [-0.3, -0.25) is 0 Å². The van der Waals surface area contributed by atoms with Crippen LogP contribution in [-0.4, -0.2) is 18.8 Å². The van der Waals surface area contributed by atoms with Gasteiger partial charge in [-0.25, -0.2) is 0 Å². The van der Waals surface area contributed by atoms with E-state index in [-0.39, 0.29) is 6.04 Å². The molecule has 2 rings (SSSR count). The molecule has 3 N–H and O–H groups in total. The molecule has 1 saturated heterocycles. The van der Waals surface area contributed by atoms with E-state index >= 15 is 0 Å². The van der Waals surface area contributed by atoms with Gasteiger partial charge >= 0.3 is 0 Å². The monoisotopic (exact) mass is 264 g/mol. The third-order valence-electron chi connectivity index (χ3n) is 3.67. The van der Waals surface area contributed by atoms with E-state index in [1.54, 1.807) is 0 Å². The molecule has 1 aromatic rings. The number of nitrogens with one attached hydrogen (secondary N) is 1. The number of thioether (sulfide) groups is 1. The molecule has 0 amide bonds. The highest BCUT2D eigenvalue weighted by atomic mass is 32.2. The molecule has 1 atom stereocenters. The van der Waals surface area contributed by atoms with Crippen molar-refractivity contribution in [3.05, 3.63) is 29.8 Å². The molecule has 18 heavy (non-hydrogen) atoms. The Morgan fingerprint density at radius 3 is 2.56 bits per heavy atom. The zero-order chi connectivity index (χ0) is 12.8. The van der Waals surface area contributed by atoms with Crippen LogP contribution in [0.4, 0.5) is 0 Å². The molecule has 3 heteroatoms. The molecule has 0 aliphatic carbocycles. The van der Waals surface area contributed by atoms with Gasteiger partial charge in [0.1, 0.15) is 0 Å². The third kappa shape index (κ3) is 4.01. The number of piperidine rings is 1. The highest BCUT2D eigenvalue weighted by Crippen LogP contribution is 2.26. The lowest BCUT2D eigenvalue weighted by Crippen LogP contribution is -2.29. The molecule has 0 saturated carbocycles. The zero-order valence-corrected chi connectivity index (χ0v) is 12.0. The van der Waals surface area contributed by atoms with Crippen LogP contribution < -0.4 is 11.1 Å². The van der Waals surface area contributed by atoms with Crippen LogP contribution in [0.3, 0.4) is 0 Å². The fraction of sp³-hybridized carbons (Fsp3) is 0.600. The average molecular weight is 264 g/mol. The second kappa shape index (κ2) is 7.17. The summed E-state index contributed by atoms with van der Waals surface area (Å²) in [4.78, 5) is 1.34. The Morgan fingerprint density at radius 2 is 1.94 bits per heavy atom. The van der Waals surface area contributed by atoms with Crippen molar-refractivity contribution < 1.29 is 0 Å². The lowest BCUT2D eigenvalue weighted by atomic mass is 9.89. The van der Waals surface area contributed by atoms with Crippen molar-refractivity contribution in [3.63, 3.8) is 0 Å². The lowest BCUT2D eigenvalue weighted by molar-refractivity contribution is 0.333. The van der Waals surface area contributed by atoms with Crippen molar-refractivity contribution in [2.45, 2.75) is 37.1 Å². The van der Waals surface area contributed by atoms with Crippen molar-refractivity contribution in [1.29, 1.82) is 0 Å². The van der Waals surface area contributed by atoms with E-state index in [2.05, 4.69) is 36.5 Å². The van der Waals surface area contributed by atoms with Crippen LogP contribution >= 0.6 is 11.8 Å². The van der Waals surface area contributed by atoms with Gasteiger partial charge in [-0.05, 0) is 61.7 Å². The predicted octanol–water partition coefficient (Wildman–Crippen LogP) is 3.19. The largest absolute Gasteiger partial charge is 0.324 e. The van der Waals surface area contributed by atoms with E-state index in [1.807, 2.05) is 11.8 Å². The second-order valence-corrected chi connectivity index (χ2v) is 6.38. The molecule has 1 fully saturated rings. The summed E-state index contributed by atoms with van der Waals surface area (Å²) in [7, 11) is 0. The first-order valence-electron chi connectivity index (χ1n) is 6.98. The summed E-state index contributed by atoms with van der Waals surface area (Å²) in [6.45, 7) is 4.49. The Morgan fingerprint density at radius 1 is 1.28 bits per heavy atom.